The molecule has 3 heterocycles. The van der Waals surface area contributed by atoms with Gasteiger partial charge in [-0.1, -0.05) is 12.5 Å². The number of hydrogen-bond donors (Lipinski definition) is 2. The van der Waals surface area contributed by atoms with Gasteiger partial charge in [0.2, 0.25) is 5.91 Å². The number of fused-ring (bicyclic) bond motifs is 1. The molecule has 0 radical (unpaired) electrons. The normalized spacial score (nSPS) is 17.1. The highest BCUT2D eigenvalue weighted by atomic mass is 19.1. The van der Waals surface area contributed by atoms with Gasteiger partial charge in [-0.2, -0.15) is 5.10 Å². The number of carbonyl (C=O) groups is 2. The molecule has 3 N–H and O–H groups in total. The number of likely N-dealkylation sites (tertiary alicyclic amines) is 1. The number of methoxy groups -OCH3 is 1. The van der Waals surface area contributed by atoms with Crippen LogP contribution in [-0.2, 0) is 9.53 Å². The molecule has 0 saturated carbocycles. The number of nitrogens with one attached hydrogen (secondary N) is 1. The van der Waals surface area contributed by atoms with E-state index < -0.39 is 17.5 Å². The number of rotatable bonds is 6. The van der Waals surface area contributed by atoms with Crippen molar-refractivity contribution in [1.82, 2.24) is 19.7 Å². The topological polar surface area (TPSA) is 115 Å². The number of halogens is 2. The number of ether oxygens (including phenoxy) is 1. The first-order valence-electron chi connectivity index (χ1n) is 11.1. The van der Waals surface area contributed by atoms with Crippen LogP contribution < -0.4 is 11.1 Å². The number of carbonyl (C=O) groups excluding carboxylic acids is 2. The van der Waals surface area contributed by atoms with Gasteiger partial charge in [0.05, 0.1) is 36.0 Å². The third-order valence-corrected chi connectivity index (χ3v) is 6.00. The van der Waals surface area contributed by atoms with Gasteiger partial charge in [0.15, 0.2) is 5.69 Å². The fourth-order valence-electron chi connectivity index (χ4n) is 4.41. The number of nitrogens with zero attached hydrogens (tertiary/aromatic N) is 4. The van der Waals surface area contributed by atoms with E-state index in [0.29, 0.717) is 36.3 Å². The van der Waals surface area contributed by atoms with Crippen molar-refractivity contribution in [3.63, 3.8) is 0 Å². The van der Waals surface area contributed by atoms with Crippen LogP contribution in [0.25, 0.3) is 10.9 Å². The number of amides is 2. The summed E-state index contributed by atoms with van der Waals surface area (Å²) in [6.07, 6.45) is 2.78. The Labute approximate surface area is 205 Å². The molecule has 1 aliphatic heterocycles. The SMILES string of the molecule is C=CC(=O)N1C[C@@H](n2nc(C#Cc3cc4ncc(F)cc4cc3F)c(C(N)=O)c2NC)C[C@@H]1COC. The first-order chi connectivity index (χ1) is 17.3. The molecular weight excluding hydrogens is 470 g/mol. The molecule has 0 spiro atoms. The van der Waals surface area contributed by atoms with Gasteiger partial charge < -0.3 is 20.7 Å². The predicted octanol–water partition coefficient (Wildman–Crippen LogP) is 2.22. The number of primary amides is 1. The van der Waals surface area contributed by atoms with Gasteiger partial charge in [0, 0.05) is 26.1 Å². The quantitative estimate of drug-likeness (QED) is 0.401. The standard InChI is InChI=1S/C25H24F2N6O3/c1-4-22(34)32-12-17(10-18(32)13-36-3)33-25(29-2)23(24(28)35)20(31-33)6-5-14-9-21-15(8-19(14)27)7-16(26)11-30-21/h4,7-9,11,17-18,29H,1,10,12-13H2,2-3H3,(H2,28,35)/t17-,18+/m0/s1. The van der Waals surface area contributed by atoms with Gasteiger partial charge in [-0.05, 0) is 36.6 Å². The van der Waals surface area contributed by atoms with E-state index in [1.54, 1.807) is 23.7 Å². The summed E-state index contributed by atoms with van der Waals surface area (Å²) < 4.78 is 34.9. The lowest BCUT2D eigenvalue weighted by molar-refractivity contribution is -0.127. The number of anilines is 1. The van der Waals surface area contributed by atoms with E-state index in [0.717, 1.165) is 12.3 Å². The highest BCUT2D eigenvalue weighted by molar-refractivity contribution is 6.00. The molecule has 2 aromatic heterocycles. The largest absolute Gasteiger partial charge is 0.383 e. The molecule has 1 aromatic carbocycles. The summed E-state index contributed by atoms with van der Waals surface area (Å²) in [6, 6.07) is 3.19. The number of aromatic nitrogens is 3. The minimum atomic E-state index is -0.767. The summed E-state index contributed by atoms with van der Waals surface area (Å²) in [5.41, 5.74) is 6.10. The van der Waals surface area contributed by atoms with Crippen molar-refractivity contribution < 1.29 is 23.1 Å². The Kier molecular flexibility index (Phi) is 6.98. The van der Waals surface area contributed by atoms with Crippen molar-refractivity contribution >= 4 is 28.5 Å². The summed E-state index contributed by atoms with van der Waals surface area (Å²) in [5, 5.41) is 7.74. The Balaban J connectivity index is 1.75. The Morgan fingerprint density at radius 2 is 2.11 bits per heavy atom. The van der Waals surface area contributed by atoms with E-state index in [4.69, 9.17) is 10.5 Å². The second-order valence-electron chi connectivity index (χ2n) is 8.25. The molecule has 9 nitrogen and oxygen atoms in total. The van der Waals surface area contributed by atoms with Crippen molar-refractivity contribution in [3.8, 4) is 11.8 Å². The number of hydrogen-bond acceptors (Lipinski definition) is 6. The van der Waals surface area contributed by atoms with Gasteiger partial charge in [-0.3, -0.25) is 14.6 Å². The Bertz CT molecular complexity index is 1420. The molecule has 1 aliphatic rings. The predicted molar refractivity (Wildman–Crippen MR) is 129 cm³/mol. The lowest BCUT2D eigenvalue weighted by Crippen LogP contribution is -2.37. The molecule has 0 unspecified atom stereocenters. The lowest BCUT2D eigenvalue weighted by atomic mass is 10.1. The summed E-state index contributed by atoms with van der Waals surface area (Å²) in [5.74, 6) is 3.49. The van der Waals surface area contributed by atoms with Crippen molar-refractivity contribution in [1.29, 1.82) is 0 Å². The second-order valence-corrected chi connectivity index (χ2v) is 8.25. The fourth-order valence-corrected chi connectivity index (χ4v) is 4.41. The molecule has 186 valence electrons. The molecule has 1 saturated heterocycles. The van der Waals surface area contributed by atoms with Crippen LogP contribution in [0.15, 0.2) is 37.1 Å². The zero-order valence-corrected chi connectivity index (χ0v) is 19.7. The summed E-state index contributed by atoms with van der Waals surface area (Å²) >= 11 is 0. The van der Waals surface area contributed by atoms with E-state index >= 15 is 0 Å². The molecule has 11 heteroatoms. The van der Waals surface area contributed by atoms with Crippen LogP contribution in [0.4, 0.5) is 14.6 Å². The molecule has 3 aromatic rings. The number of nitrogens with two attached hydrogens (primary N) is 1. The second kappa shape index (κ2) is 10.1. The molecule has 2 atom stereocenters. The Morgan fingerprint density at radius 1 is 1.33 bits per heavy atom. The third-order valence-electron chi connectivity index (χ3n) is 6.00. The van der Waals surface area contributed by atoms with E-state index in [9.17, 15) is 18.4 Å². The molecule has 4 rings (SSSR count). The van der Waals surface area contributed by atoms with E-state index in [1.807, 2.05) is 0 Å². The minimum absolute atomic E-state index is 0.00126. The molecule has 1 fully saturated rings. The zero-order valence-electron chi connectivity index (χ0n) is 19.7. The van der Waals surface area contributed by atoms with Gasteiger partial charge in [0.1, 0.15) is 23.0 Å². The van der Waals surface area contributed by atoms with Crippen molar-refractivity contribution in [2.45, 2.75) is 18.5 Å². The van der Waals surface area contributed by atoms with Crippen molar-refractivity contribution in [3.05, 3.63) is 65.5 Å². The molecule has 0 bridgehead atoms. The van der Waals surface area contributed by atoms with Crippen LogP contribution in [0.2, 0.25) is 0 Å². The van der Waals surface area contributed by atoms with Crippen LogP contribution in [0.3, 0.4) is 0 Å². The first kappa shape index (κ1) is 24.8. The lowest BCUT2D eigenvalue weighted by Gasteiger charge is -2.22. The molecule has 36 heavy (non-hydrogen) atoms. The van der Waals surface area contributed by atoms with E-state index in [1.165, 1.54) is 18.2 Å². The smallest absolute Gasteiger partial charge is 0.255 e. The van der Waals surface area contributed by atoms with Crippen LogP contribution in [0, 0.1) is 23.5 Å². The maximum atomic E-state index is 14.6. The number of pyridine rings is 1. The van der Waals surface area contributed by atoms with E-state index in [2.05, 4.69) is 33.8 Å². The summed E-state index contributed by atoms with van der Waals surface area (Å²) in [7, 11) is 3.16. The molecular formula is C25H24F2N6O3. The maximum Gasteiger partial charge on any atom is 0.255 e. The monoisotopic (exact) mass is 494 g/mol. The fraction of sp³-hybridized carbons (Fsp3) is 0.280. The van der Waals surface area contributed by atoms with Crippen molar-refractivity contribution in [2.24, 2.45) is 5.73 Å². The molecule has 2 amide bonds. The minimum Gasteiger partial charge on any atom is -0.383 e. The highest BCUT2D eigenvalue weighted by Crippen LogP contribution is 2.32. The Morgan fingerprint density at radius 3 is 2.78 bits per heavy atom. The molecule has 0 aliphatic carbocycles. The van der Waals surface area contributed by atoms with Crippen LogP contribution >= 0.6 is 0 Å². The highest BCUT2D eigenvalue weighted by Gasteiger charge is 2.37. The first-order valence-corrected chi connectivity index (χ1v) is 11.1. The van der Waals surface area contributed by atoms with Crippen LogP contribution in [0.1, 0.15) is 34.1 Å². The van der Waals surface area contributed by atoms with Gasteiger partial charge >= 0.3 is 0 Å². The Hall–Kier alpha value is -4.30. The number of benzene rings is 1. The van der Waals surface area contributed by atoms with Crippen LogP contribution in [0.5, 0.6) is 0 Å². The van der Waals surface area contributed by atoms with Crippen molar-refractivity contribution in [2.75, 3.05) is 32.6 Å². The van der Waals surface area contributed by atoms with Gasteiger partial charge in [0.25, 0.3) is 5.91 Å². The van der Waals surface area contributed by atoms with E-state index in [-0.39, 0.29) is 34.8 Å². The average Bonchev–Trinajstić information content (AvgIpc) is 3.43. The van der Waals surface area contributed by atoms with Crippen LogP contribution in [-0.4, -0.2) is 64.8 Å². The summed E-state index contributed by atoms with van der Waals surface area (Å²) in [6.45, 7) is 4.18. The third kappa shape index (κ3) is 4.63. The average molecular weight is 495 g/mol. The zero-order chi connectivity index (χ0) is 26.0. The summed E-state index contributed by atoms with van der Waals surface area (Å²) in [4.78, 5) is 30.3. The van der Waals surface area contributed by atoms with Gasteiger partial charge in [-0.15, -0.1) is 0 Å². The maximum absolute atomic E-state index is 14.6. The van der Waals surface area contributed by atoms with Gasteiger partial charge in [-0.25, -0.2) is 13.5 Å².